The number of aromatic nitrogens is 1. The summed E-state index contributed by atoms with van der Waals surface area (Å²) in [6.45, 7) is 6.17. The lowest BCUT2D eigenvalue weighted by molar-refractivity contribution is -0.132. The molecule has 0 aromatic carbocycles. The molecule has 0 spiro atoms. The van der Waals surface area contributed by atoms with E-state index < -0.39 is 0 Å². The van der Waals surface area contributed by atoms with Crippen LogP contribution in [-0.2, 0) is 4.79 Å². The second-order valence-corrected chi connectivity index (χ2v) is 6.10. The van der Waals surface area contributed by atoms with Crippen molar-refractivity contribution in [1.82, 2.24) is 20.1 Å². The molecule has 1 aromatic rings. The highest BCUT2D eigenvalue weighted by Gasteiger charge is 2.26. The predicted molar refractivity (Wildman–Crippen MR) is 101 cm³/mol. The molecule has 2 fully saturated rings. The van der Waals surface area contributed by atoms with E-state index in [2.05, 4.69) is 20.1 Å². The maximum atomic E-state index is 12.4. The van der Waals surface area contributed by atoms with Crippen LogP contribution in [0.15, 0.2) is 24.4 Å². The zero-order chi connectivity index (χ0) is 15.4. The Balaban J connectivity index is 0.00000144. The number of pyridine rings is 1. The normalized spacial score (nSPS) is 20.9. The van der Waals surface area contributed by atoms with Crippen molar-refractivity contribution in [2.24, 2.45) is 0 Å². The van der Waals surface area contributed by atoms with Crippen LogP contribution in [-0.4, -0.2) is 79.6 Å². The Hall–Kier alpha value is -1.08. The number of likely N-dealkylation sites (N-methyl/N-ethyl adjacent to an activating group) is 1. The fourth-order valence-electron chi connectivity index (χ4n) is 3.15. The van der Waals surface area contributed by atoms with Crippen LogP contribution in [0.5, 0.6) is 0 Å². The van der Waals surface area contributed by atoms with Crippen LogP contribution >= 0.6 is 24.8 Å². The van der Waals surface area contributed by atoms with Crippen molar-refractivity contribution in [2.75, 3.05) is 57.8 Å². The zero-order valence-electron chi connectivity index (χ0n) is 14.1. The molecule has 3 rings (SSSR count). The van der Waals surface area contributed by atoms with E-state index in [-0.39, 0.29) is 30.7 Å². The van der Waals surface area contributed by atoms with Gasteiger partial charge >= 0.3 is 0 Å². The van der Waals surface area contributed by atoms with Gasteiger partial charge in [-0.1, -0.05) is 6.07 Å². The molecule has 0 bridgehead atoms. The highest BCUT2D eigenvalue weighted by atomic mass is 35.5. The molecule has 1 unspecified atom stereocenters. The van der Waals surface area contributed by atoms with E-state index in [1.807, 2.05) is 36.3 Å². The first-order chi connectivity index (χ1) is 10.7. The van der Waals surface area contributed by atoms with E-state index in [9.17, 15) is 4.79 Å². The first-order valence-corrected chi connectivity index (χ1v) is 8.09. The summed E-state index contributed by atoms with van der Waals surface area (Å²) in [5.74, 6) is 1.27. The van der Waals surface area contributed by atoms with E-state index in [1.165, 1.54) is 0 Å². The Bertz CT molecular complexity index is 491. The molecule has 2 saturated heterocycles. The van der Waals surface area contributed by atoms with Gasteiger partial charge in [0.05, 0.1) is 6.54 Å². The Labute approximate surface area is 156 Å². The summed E-state index contributed by atoms with van der Waals surface area (Å²) in [5, 5.41) is 3.31. The third-order valence-corrected chi connectivity index (χ3v) is 4.68. The lowest BCUT2D eigenvalue weighted by Crippen LogP contribution is -2.51. The summed E-state index contributed by atoms with van der Waals surface area (Å²) < 4.78 is 0. The Morgan fingerprint density at radius 2 is 2.04 bits per heavy atom. The minimum atomic E-state index is 0. The summed E-state index contributed by atoms with van der Waals surface area (Å²) in [6.07, 6.45) is 2.89. The monoisotopic (exact) mass is 375 g/mol. The lowest BCUT2D eigenvalue weighted by Gasteiger charge is -2.36. The molecule has 2 aliphatic rings. The molecule has 6 nitrogen and oxygen atoms in total. The van der Waals surface area contributed by atoms with Crippen molar-refractivity contribution in [2.45, 2.75) is 12.5 Å². The van der Waals surface area contributed by atoms with Gasteiger partial charge in [0, 0.05) is 52.0 Å². The van der Waals surface area contributed by atoms with Gasteiger partial charge in [0.15, 0.2) is 0 Å². The van der Waals surface area contributed by atoms with Gasteiger partial charge in [-0.3, -0.25) is 9.69 Å². The van der Waals surface area contributed by atoms with Crippen molar-refractivity contribution >= 4 is 36.5 Å². The maximum Gasteiger partial charge on any atom is 0.236 e. The summed E-state index contributed by atoms with van der Waals surface area (Å²) in [7, 11) is 1.93. The topological polar surface area (TPSA) is 51.7 Å². The number of rotatable bonds is 4. The minimum Gasteiger partial charge on any atom is -0.354 e. The van der Waals surface area contributed by atoms with Crippen LogP contribution in [0.1, 0.15) is 6.42 Å². The quantitative estimate of drug-likeness (QED) is 0.845. The van der Waals surface area contributed by atoms with Gasteiger partial charge in [-0.05, 0) is 25.1 Å². The Kier molecular flexibility index (Phi) is 8.76. The molecule has 2 aliphatic heterocycles. The number of piperazine rings is 1. The summed E-state index contributed by atoms with van der Waals surface area (Å²) in [5.41, 5.74) is 0. The van der Waals surface area contributed by atoms with E-state index in [0.29, 0.717) is 12.6 Å². The summed E-state index contributed by atoms with van der Waals surface area (Å²) in [6, 6.07) is 6.36. The van der Waals surface area contributed by atoms with Crippen LogP contribution < -0.4 is 10.2 Å². The standard InChI is InChI=1S/C16H25N5O.2ClH/c1-19(14-5-7-17-12-14)16(22)13-20-8-10-21(11-9-20)15-4-2-3-6-18-15;;/h2-4,6,14,17H,5,7-13H2,1H3;2*1H. The predicted octanol–water partition coefficient (Wildman–Crippen LogP) is 0.867. The highest BCUT2D eigenvalue weighted by Crippen LogP contribution is 2.13. The maximum absolute atomic E-state index is 12.4. The first-order valence-electron chi connectivity index (χ1n) is 8.09. The fourth-order valence-corrected chi connectivity index (χ4v) is 3.15. The van der Waals surface area contributed by atoms with Gasteiger partial charge in [0.25, 0.3) is 0 Å². The molecule has 8 heteroatoms. The Morgan fingerprint density at radius 1 is 1.29 bits per heavy atom. The number of hydrogen-bond acceptors (Lipinski definition) is 5. The van der Waals surface area contributed by atoms with E-state index in [1.54, 1.807) is 0 Å². The van der Waals surface area contributed by atoms with Crippen molar-refractivity contribution < 1.29 is 4.79 Å². The Morgan fingerprint density at radius 3 is 2.62 bits per heavy atom. The van der Waals surface area contributed by atoms with Gasteiger partial charge in [-0.2, -0.15) is 0 Å². The molecule has 1 N–H and O–H groups in total. The van der Waals surface area contributed by atoms with Crippen molar-refractivity contribution in [3.63, 3.8) is 0 Å². The van der Waals surface area contributed by atoms with Gasteiger partial charge < -0.3 is 15.1 Å². The zero-order valence-corrected chi connectivity index (χ0v) is 15.7. The van der Waals surface area contributed by atoms with Crippen molar-refractivity contribution in [3.05, 3.63) is 24.4 Å². The molecule has 136 valence electrons. The molecule has 3 heterocycles. The number of anilines is 1. The number of carbonyl (C=O) groups excluding carboxylic acids is 1. The second kappa shape index (κ2) is 10.0. The molecule has 1 atom stereocenters. The fraction of sp³-hybridized carbons (Fsp3) is 0.625. The smallest absolute Gasteiger partial charge is 0.236 e. The van der Waals surface area contributed by atoms with Crippen LogP contribution in [0.2, 0.25) is 0 Å². The number of hydrogen-bond donors (Lipinski definition) is 1. The average molecular weight is 376 g/mol. The molecule has 0 saturated carbocycles. The van der Waals surface area contributed by atoms with Gasteiger partial charge in [-0.15, -0.1) is 24.8 Å². The van der Waals surface area contributed by atoms with Gasteiger partial charge in [-0.25, -0.2) is 4.98 Å². The third kappa shape index (κ3) is 5.21. The van der Waals surface area contributed by atoms with Gasteiger partial charge in [0.1, 0.15) is 5.82 Å². The van der Waals surface area contributed by atoms with Gasteiger partial charge in [0.2, 0.25) is 5.91 Å². The number of carbonyl (C=O) groups is 1. The van der Waals surface area contributed by atoms with E-state index in [4.69, 9.17) is 0 Å². The van der Waals surface area contributed by atoms with Crippen molar-refractivity contribution in [3.8, 4) is 0 Å². The van der Waals surface area contributed by atoms with Crippen LogP contribution in [0, 0.1) is 0 Å². The molecule has 0 radical (unpaired) electrons. The lowest BCUT2D eigenvalue weighted by atomic mass is 10.2. The number of nitrogens with zero attached hydrogens (tertiary/aromatic N) is 4. The first kappa shape index (κ1) is 21.0. The SMILES string of the molecule is CN(C(=O)CN1CCN(c2ccccn2)CC1)C1CCNC1.Cl.Cl. The molecule has 1 amide bonds. The highest BCUT2D eigenvalue weighted by molar-refractivity contribution is 5.85. The molecular weight excluding hydrogens is 349 g/mol. The summed E-state index contributed by atoms with van der Waals surface area (Å²) >= 11 is 0. The number of amides is 1. The summed E-state index contributed by atoms with van der Waals surface area (Å²) in [4.78, 5) is 23.2. The van der Waals surface area contributed by atoms with Crippen LogP contribution in [0.3, 0.4) is 0 Å². The largest absolute Gasteiger partial charge is 0.354 e. The number of nitrogens with one attached hydrogen (secondary N) is 1. The molecular formula is C16H27Cl2N5O. The van der Waals surface area contributed by atoms with Crippen LogP contribution in [0.4, 0.5) is 5.82 Å². The van der Waals surface area contributed by atoms with E-state index >= 15 is 0 Å². The average Bonchev–Trinajstić information content (AvgIpc) is 3.10. The number of halogens is 2. The van der Waals surface area contributed by atoms with E-state index in [0.717, 1.165) is 51.5 Å². The third-order valence-electron chi connectivity index (χ3n) is 4.68. The minimum absolute atomic E-state index is 0. The molecule has 1 aromatic heterocycles. The van der Waals surface area contributed by atoms with Crippen LogP contribution in [0.25, 0.3) is 0 Å². The van der Waals surface area contributed by atoms with Crippen molar-refractivity contribution in [1.29, 1.82) is 0 Å². The molecule has 24 heavy (non-hydrogen) atoms. The second-order valence-electron chi connectivity index (χ2n) is 6.10. The molecule has 0 aliphatic carbocycles.